The van der Waals surface area contributed by atoms with Crippen LogP contribution in [0.25, 0.3) is 10.8 Å². The number of fused-ring (bicyclic) bond motifs is 1. The standard InChI is InChI=1S/C11H8BrF/c1-7-2-3-8-6-9(12)4-5-10(8)11(7)13/h2-6H,1H3. The van der Waals surface area contributed by atoms with Crippen molar-refractivity contribution in [3.05, 3.63) is 46.2 Å². The fourth-order valence-electron chi connectivity index (χ4n) is 1.37. The summed E-state index contributed by atoms with van der Waals surface area (Å²) in [6.45, 7) is 1.77. The molecule has 66 valence electrons. The van der Waals surface area contributed by atoms with Gasteiger partial charge in [0.05, 0.1) is 0 Å². The fraction of sp³-hybridized carbons (Fsp3) is 0.0909. The molecule has 0 atom stereocenters. The van der Waals surface area contributed by atoms with Crippen LogP contribution >= 0.6 is 15.9 Å². The number of hydrogen-bond donors (Lipinski definition) is 0. The molecule has 0 radical (unpaired) electrons. The Balaban J connectivity index is 2.87. The highest BCUT2D eigenvalue weighted by atomic mass is 79.9. The number of hydrogen-bond acceptors (Lipinski definition) is 0. The molecule has 0 fully saturated rings. The minimum absolute atomic E-state index is 0.120. The first-order chi connectivity index (χ1) is 6.18. The van der Waals surface area contributed by atoms with E-state index in [1.807, 2.05) is 18.2 Å². The van der Waals surface area contributed by atoms with Gasteiger partial charge in [-0.2, -0.15) is 0 Å². The molecule has 0 N–H and O–H groups in total. The van der Waals surface area contributed by atoms with Crippen molar-refractivity contribution in [2.24, 2.45) is 0 Å². The van der Waals surface area contributed by atoms with Crippen molar-refractivity contribution >= 4 is 26.7 Å². The Bertz CT molecular complexity index is 463. The van der Waals surface area contributed by atoms with Crippen LogP contribution in [0.5, 0.6) is 0 Å². The van der Waals surface area contributed by atoms with Crippen LogP contribution in [0.15, 0.2) is 34.8 Å². The summed E-state index contributed by atoms with van der Waals surface area (Å²) in [5.41, 5.74) is 0.690. The molecular formula is C11H8BrF. The highest BCUT2D eigenvalue weighted by molar-refractivity contribution is 9.10. The van der Waals surface area contributed by atoms with Gasteiger partial charge in [-0.15, -0.1) is 0 Å². The van der Waals surface area contributed by atoms with E-state index in [-0.39, 0.29) is 5.82 Å². The van der Waals surface area contributed by atoms with Crippen molar-refractivity contribution < 1.29 is 4.39 Å². The Hall–Kier alpha value is -0.890. The second-order valence-electron chi connectivity index (χ2n) is 3.06. The monoisotopic (exact) mass is 238 g/mol. The summed E-state index contributed by atoms with van der Waals surface area (Å²) in [6, 6.07) is 9.28. The summed E-state index contributed by atoms with van der Waals surface area (Å²) in [4.78, 5) is 0. The number of benzene rings is 2. The van der Waals surface area contributed by atoms with Gasteiger partial charge in [-0.1, -0.05) is 34.1 Å². The van der Waals surface area contributed by atoms with Gasteiger partial charge in [-0.25, -0.2) is 4.39 Å². The van der Waals surface area contributed by atoms with Gasteiger partial charge < -0.3 is 0 Å². The summed E-state index contributed by atoms with van der Waals surface area (Å²) in [5.74, 6) is -0.120. The van der Waals surface area contributed by atoms with Crippen LogP contribution in [0.4, 0.5) is 4.39 Å². The molecule has 2 aromatic rings. The third kappa shape index (κ3) is 1.46. The molecule has 0 bridgehead atoms. The minimum atomic E-state index is -0.120. The van der Waals surface area contributed by atoms with Crippen molar-refractivity contribution in [2.75, 3.05) is 0 Å². The first-order valence-corrected chi connectivity index (χ1v) is 4.82. The van der Waals surface area contributed by atoms with E-state index in [2.05, 4.69) is 15.9 Å². The summed E-state index contributed by atoms with van der Waals surface area (Å²) in [6.07, 6.45) is 0. The van der Waals surface area contributed by atoms with Crippen LogP contribution in [0.3, 0.4) is 0 Å². The van der Waals surface area contributed by atoms with Crippen molar-refractivity contribution in [3.63, 3.8) is 0 Å². The van der Waals surface area contributed by atoms with Crippen LogP contribution in [-0.4, -0.2) is 0 Å². The molecule has 2 rings (SSSR count). The van der Waals surface area contributed by atoms with Crippen LogP contribution < -0.4 is 0 Å². The van der Waals surface area contributed by atoms with Crippen LogP contribution in [-0.2, 0) is 0 Å². The molecule has 0 saturated heterocycles. The van der Waals surface area contributed by atoms with Gasteiger partial charge in [-0.05, 0) is 30.0 Å². The van der Waals surface area contributed by atoms with Crippen molar-refractivity contribution in [1.82, 2.24) is 0 Å². The highest BCUT2D eigenvalue weighted by Crippen LogP contribution is 2.23. The van der Waals surface area contributed by atoms with Gasteiger partial charge in [-0.3, -0.25) is 0 Å². The average Bonchev–Trinajstić information content (AvgIpc) is 2.12. The number of aryl methyl sites for hydroxylation is 1. The highest BCUT2D eigenvalue weighted by Gasteiger charge is 2.03. The van der Waals surface area contributed by atoms with E-state index in [4.69, 9.17) is 0 Å². The van der Waals surface area contributed by atoms with Crippen LogP contribution in [0.1, 0.15) is 5.56 Å². The van der Waals surface area contributed by atoms with Crippen molar-refractivity contribution in [1.29, 1.82) is 0 Å². The van der Waals surface area contributed by atoms with Gasteiger partial charge >= 0.3 is 0 Å². The molecule has 0 heterocycles. The quantitative estimate of drug-likeness (QED) is 0.650. The SMILES string of the molecule is Cc1ccc2cc(Br)ccc2c1F. The van der Waals surface area contributed by atoms with Gasteiger partial charge in [0.25, 0.3) is 0 Å². The summed E-state index contributed by atoms with van der Waals surface area (Å²) in [7, 11) is 0. The largest absolute Gasteiger partial charge is 0.206 e. The van der Waals surface area contributed by atoms with E-state index in [1.54, 1.807) is 19.1 Å². The normalized spacial score (nSPS) is 10.7. The molecular weight excluding hydrogens is 231 g/mol. The van der Waals surface area contributed by atoms with Gasteiger partial charge in [0.15, 0.2) is 0 Å². The van der Waals surface area contributed by atoms with Gasteiger partial charge in [0.1, 0.15) is 5.82 Å². The Labute approximate surface area is 84.5 Å². The topological polar surface area (TPSA) is 0 Å². The Morgan fingerprint density at radius 3 is 2.69 bits per heavy atom. The first kappa shape index (κ1) is 8.70. The average molecular weight is 239 g/mol. The molecule has 0 aliphatic carbocycles. The summed E-state index contributed by atoms with van der Waals surface area (Å²) >= 11 is 3.35. The van der Waals surface area contributed by atoms with Crippen molar-refractivity contribution in [3.8, 4) is 0 Å². The molecule has 0 saturated carbocycles. The fourth-order valence-corrected chi connectivity index (χ4v) is 1.75. The second-order valence-corrected chi connectivity index (χ2v) is 3.98. The lowest BCUT2D eigenvalue weighted by atomic mass is 10.1. The first-order valence-electron chi connectivity index (χ1n) is 4.03. The number of rotatable bonds is 0. The van der Waals surface area contributed by atoms with E-state index in [1.165, 1.54) is 0 Å². The van der Waals surface area contributed by atoms with Crippen LogP contribution in [0.2, 0.25) is 0 Å². The molecule has 0 unspecified atom stereocenters. The molecule has 0 aliphatic rings. The smallest absolute Gasteiger partial charge is 0.133 e. The molecule has 2 aromatic carbocycles. The number of halogens is 2. The molecule has 0 nitrogen and oxygen atoms in total. The molecule has 0 aliphatic heterocycles. The predicted molar refractivity (Wildman–Crippen MR) is 56.3 cm³/mol. The maximum absolute atomic E-state index is 13.5. The third-order valence-corrected chi connectivity index (χ3v) is 2.60. The van der Waals surface area contributed by atoms with E-state index in [0.29, 0.717) is 10.9 Å². The zero-order valence-corrected chi connectivity index (χ0v) is 8.73. The Morgan fingerprint density at radius 2 is 1.92 bits per heavy atom. The van der Waals surface area contributed by atoms with E-state index in [0.717, 1.165) is 9.86 Å². The van der Waals surface area contributed by atoms with E-state index in [9.17, 15) is 4.39 Å². The molecule has 0 amide bonds. The molecule has 2 heteroatoms. The summed E-state index contributed by atoms with van der Waals surface area (Å²) in [5, 5.41) is 1.61. The summed E-state index contributed by atoms with van der Waals surface area (Å²) < 4.78 is 14.5. The van der Waals surface area contributed by atoms with Crippen molar-refractivity contribution in [2.45, 2.75) is 6.92 Å². The lowest BCUT2D eigenvalue weighted by Gasteiger charge is -2.02. The molecule has 0 aromatic heterocycles. The van der Waals surface area contributed by atoms with E-state index >= 15 is 0 Å². The lowest BCUT2D eigenvalue weighted by molar-refractivity contribution is 0.631. The maximum Gasteiger partial charge on any atom is 0.133 e. The van der Waals surface area contributed by atoms with Gasteiger partial charge in [0, 0.05) is 9.86 Å². The minimum Gasteiger partial charge on any atom is -0.206 e. The lowest BCUT2D eigenvalue weighted by Crippen LogP contribution is -1.84. The second kappa shape index (κ2) is 3.11. The molecule has 13 heavy (non-hydrogen) atoms. The van der Waals surface area contributed by atoms with Crippen LogP contribution in [0, 0.1) is 12.7 Å². The third-order valence-electron chi connectivity index (χ3n) is 2.11. The predicted octanol–water partition coefficient (Wildman–Crippen LogP) is 4.05. The Kier molecular flexibility index (Phi) is 2.08. The van der Waals surface area contributed by atoms with Gasteiger partial charge in [0.2, 0.25) is 0 Å². The van der Waals surface area contributed by atoms with E-state index < -0.39 is 0 Å². The Morgan fingerprint density at radius 1 is 1.15 bits per heavy atom. The zero-order valence-electron chi connectivity index (χ0n) is 7.14. The molecule has 0 spiro atoms. The zero-order chi connectivity index (χ0) is 9.42. The maximum atomic E-state index is 13.5.